The second-order valence-corrected chi connectivity index (χ2v) is 7.21. The van der Waals surface area contributed by atoms with Crippen molar-refractivity contribution < 1.29 is 0 Å². The SMILES string of the molecule is Cc1cccc(-n2c(-c3ccccc3)csc2=NC(=N)c2cnccn2)c1C. The predicted octanol–water partition coefficient (Wildman–Crippen LogP) is 4.54. The van der Waals surface area contributed by atoms with Gasteiger partial charge in [0.25, 0.3) is 0 Å². The van der Waals surface area contributed by atoms with Crippen LogP contribution in [0.2, 0.25) is 0 Å². The van der Waals surface area contributed by atoms with E-state index < -0.39 is 0 Å². The molecule has 4 rings (SSSR count). The summed E-state index contributed by atoms with van der Waals surface area (Å²) in [5, 5.41) is 10.4. The fraction of sp³-hybridized carbons (Fsp3) is 0.0909. The molecule has 0 saturated carbocycles. The largest absolute Gasteiger partial charge is 0.285 e. The van der Waals surface area contributed by atoms with Gasteiger partial charge in [-0.25, -0.2) is 4.98 Å². The Morgan fingerprint density at radius 2 is 1.86 bits per heavy atom. The molecule has 2 aromatic heterocycles. The van der Waals surface area contributed by atoms with Gasteiger partial charge in [0.2, 0.25) is 0 Å². The van der Waals surface area contributed by atoms with Gasteiger partial charge in [-0.3, -0.25) is 15.0 Å². The van der Waals surface area contributed by atoms with Gasteiger partial charge in [0, 0.05) is 17.8 Å². The molecule has 0 aliphatic heterocycles. The molecule has 0 bridgehead atoms. The highest BCUT2D eigenvalue weighted by Gasteiger charge is 2.13. The summed E-state index contributed by atoms with van der Waals surface area (Å²) in [7, 11) is 0. The minimum absolute atomic E-state index is 0.0913. The molecular weight excluding hydrogens is 366 g/mol. The third-order valence-electron chi connectivity index (χ3n) is 4.61. The molecule has 1 N–H and O–H groups in total. The second-order valence-electron chi connectivity index (χ2n) is 6.38. The highest BCUT2D eigenvalue weighted by atomic mass is 32.1. The van der Waals surface area contributed by atoms with Crippen molar-refractivity contribution in [2.45, 2.75) is 13.8 Å². The molecule has 5 nitrogen and oxygen atoms in total. The number of benzene rings is 2. The van der Waals surface area contributed by atoms with Gasteiger partial charge in [0.1, 0.15) is 5.69 Å². The lowest BCUT2D eigenvalue weighted by Gasteiger charge is -2.13. The highest BCUT2D eigenvalue weighted by molar-refractivity contribution is 7.07. The van der Waals surface area contributed by atoms with Crippen LogP contribution in [0.5, 0.6) is 0 Å². The second kappa shape index (κ2) is 7.70. The van der Waals surface area contributed by atoms with Gasteiger partial charge in [0.05, 0.1) is 17.6 Å². The minimum Gasteiger partial charge on any atom is -0.285 e. The number of rotatable bonds is 3. The maximum absolute atomic E-state index is 8.36. The van der Waals surface area contributed by atoms with E-state index in [1.165, 1.54) is 22.5 Å². The number of aryl methyl sites for hydroxylation is 1. The van der Waals surface area contributed by atoms with Crippen LogP contribution in [0.25, 0.3) is 16.9 Å². The molecule has 28 heavy (non-hydrogen) atoms. The van der Waals surface area contributed by atoms with Crippen LogP contribution in [-0.2, 0) is 0 Å². The number of thiazole rings is 1. The normalized spacial score (nSPS) is 11.6. The summed E-state index contributed by atoms with van der Waals surface area (Å²) in [6.07, 6.45) is 4.72. The molecule has 2 aromatic carbocycles. The lowest BCUT2D eigenvalue weighted by molar-refractivity contribution is 0.996. The summed E-state index contributed by atoms with van der Waals surface area (Å²) in [6.45, 7) is 4.22. The van der Waals surface area contributed by atoms with Gasteiger partial charge < -0.3 is 0 Å². The summed E-state index contributed by atoms with van der Waals surface area (Å²) in [5.74, 6) is 0.0913. The third-order valence-corrected chi connectivity index (χ3v) is 5.43. The molecule has 0 amide bonds. The molecule has 2 heterocycles. The van der Waals surface area contributed by atoms with Crippen molar-refractivity contribution in [2.24, 2.45) is 4.99 Å². The van der Waals surface area contributed by atoms with Crippen LogP contribution in [0, 0.1) is 19.3 Å². The zero-order valence-corrected chi connectivity index (χ0v) is 16.4. The Morgan fingerprint density at radius 3 is 2.61 bits per heavy atom. The van der Waals surface area contributed by atoms with Crippen molar-refractivity contribution in [3.63, 3.8) is 0 Å². The standard InChI is InChI=1S/C22H19N5S/c1-15-7-6-10-19(16(15)2)27-20(17-8-4-3-5-9-17)14-28-22(27)26-21(23)18-13-24-11-12-25-18/h3-14,23H,1-2H3. The zero-order chi connectivity index (χ0) is 19.5. The predicted molar refractivity (Wildman–Crippen MR) is 113 cm³/mol. The van der Waals surface area contributed by atoms with Crippen molar-refractivity contribution >= 4 is 17.2 Å². The molecule has 0 unspecified atom stereocenters. The molecule has 138 valence electrons. The molecule has 0 atom stereocenters. The fourth-order valence-electron chi connectivity index (χ4n) is 2.98. The van der Waals surface area contributed by atoms with Crippen LogP contribution in [0.1, 0.15) is 16.8 Å². The maximum Gasteiger partial charge on any atom is 0.196 e. The van der Waals surface area contributed by atoms with Gasteiger partial charge in [-0.05, 0) is 36.6 Å². The van der Waals surface area contributed by atoms with Crippen LogP contribution in [-0.4, -0.2) is 20.4 Å². The maximum atomic E-state index is 8.36. The van der Waals surface area contributed by atoms with E-state index in [9.17, 15) is 0 Å². The molecule has 0 fully saturated rings. The molecule has 0 aliphatic rings. The summed E-state index contributed by atoms with van der Waals surface area (Å²) in [6, 6.07) is 16.5. The van der Waals surface area contributed by atoms with E-state index in [4.69, 9.17) is 5.41 Å². The summed E-state index contributed by atoms with van der Waals surface area (Å²) >= 11 is 1.51. The third kappa shape index (κ3) is 3.42. The first kappa shape index (κ1) is 18.0. The number of aromatic nitrogens is 3. The smallest absolute Gasteiger partial charge is 0.196 e. The number of nitrogens with one attached hydrogen (secondary N) is 1. The highest BCUT2D eigenvalue weighted by Crippen LogP contribution is 2.26. The van der Waals surface area contributed by atoms with Gasteiger partial charge >= 0.3 is 0 Å². The first-order chi connectivity index (χ1) is 13.6. The topological polar surface area (TPSA) is 66.9 Å². The van der Waals surface area contributed by atoms with Crippen LogP contribution in [0.4, 0.5) is 0 Å². The Balaban J connectivity index is 1.96. The lowest BCUT2D eigenvalue weighted by Crippen LogP contribution is -2.18. The Hall–Kier alpha value is -3.38. The summed E-state index contributed by atoms with van der Waals surface area (Å²) < 4.78 is 2.12. The van der Waals surface area contributed by atoms with Gasteiger partial charge in [-0.15, -0.1) is 11.3 Å². The Bertz CT molecular complexity index is 1190. The van der Waals surface area contributed by atoms with E-state index in [2.05, 4.69) is 69.1 Å². The van der Waals surface area contributed by atoms with E-state index in [-0.39, 0.29) is 5.84 Å². The summed E-state index contributed by atoms with van der Waals surface area (Å²) in [4.78, 5) is 13.5. The first-order valence-electron chi connectivity index (χ1n) is 8.87. The number of nitrogens with zero attached hydrogens (tertiary/aromatic N) is 4. The van der Waals surface area contributed by atoms with Crippen LogP contribution in [0.3, 0.4) is 0 Å². The number of amidine groups is 1. The van der Waals surface area contributed by atoms with Gasteiger partial charge in [0.15, 0.2) is 10.6 Å². The van der Waals surface area contributed by atoms with Crippen LogP contribution in [0.15, 0.2) is 77.5 Å². The molecular formula is C22H19N5S. The fourth-order valence-corrected chi connectivity index (χ4v) is 3.89. The van der Waals surface area contributed by atoms with Crippen LogP contribution >= 0.6 is 11.3 Å². The molecule has 4 aromatic rings. The van der Waals surface area contributed by atoms with Crippen molar-refractivity contribution in [1.29, 1.82) is 5.41 Å². The lowest BCUT2D eigenvalue weighted by atomic mass is 10.1. The quantitative estimate of drug-likeness (QED) is 0.416. The molecule has 6 heteroatoms. The monoisotopic (exact) mass is 385 g/mol. The van der Waals surface area contributed by atoms with Crippen molar-refractivity contribution in [3.05, 3.63) is 94.1 Å². The zero-order valence-electron chi connectivity index (χ0n) is 15.6. The van der Waals surface area contributed by atoms with E-state index in [1.807, 2.05) is 18.2 Å². The molecule has 0 radical (unpaired) electrons. The molecule has 0 spiro atoms. The average Bonchev–Trinajstić information content (AvgIpc) is 3.14. The Morgan fingerprint density at radius 1 is 1.04 bits per heavy atom. The Kier molecular flexibility index (Phi) is 4.95. The van der Waals surface area contributed by atoms with Crippen molar-refractivity contribution in [2.75, 3.05) is 0 Å². The van der Waals surface area contributed by atoms with E-state index in [1.54, 1.807) is 18.6 Å². The van der Waals surface area contributed by atoms with Crippen molar-refractivity contribution in [1.82, 2.24) is 14.5 Å². The number of hydrogen-bond acceptors (Lipinski definition) is 4. The number of hydrogen-bond donors (Lipinski definition) is 1. The Labute approximate surface area is 167 Å². The van der Waals surface area contributed by atoms with E-state index in [0.29, 0.717) is 5.69 Å². The van der Waals surface area contributed by atoms with Crippen molar-refractivity contribution in [3.8, 4) is 16.9 Å². The van der Waals surface area contributed by atoms with Gasteiger partial charge in [-0.1, -0.05) is 42.5 Å². The van der Waals surface area contributed by atoms with Crippen LogP contribution < -0.4 is 4.80 Å². The van der Waals surface area contributed by atoms with E-state index >= 15 is 0 Å². The summed E-state index contributed by atoms with van der Waals surface area (Å²) in [5.41, 5.74) is 6.06. The molecule has 0 saturated heterocycles. The average molecular weight is 385 g/mol. The first-order valence-corrected chi connectivity index (χ1v) is 9.75. The minimum atomic E-state index is 0.0913. The van der Waals surface area contributed by atoms with E-state index in [0.717, 1.165) is 21.7 Å². The van der Waals surface area contributed by atoms with Gasteiger partial charge in [-0.2, -0.15) is 4.99 Å². The molecule has 0 aliphatic carbocycles.